The summed E-state index contributed by atoms with van der Waals surface area (Å²) in [5.41, 5.74) is 0. The molecule has 1 aromatic rings. The molecule has 0 radical (unpaired) electrons. The number of fused-ring (bicyclic) bond motifs is 2. The Hall–Kier alpha value is -1.09. The number of nitrogens with zero attached hydrogens (tertiary/aromatic N) is 1. The van der Waals surface area contributed by atoms with Gasteiger partial charge in [0.1, 0.15) is 0 Å². The highest BCUT2D eigenvalue weighted by molar-refractivity contribution is 5.42. The zero-order valence-electron chi connectivity index (χ0n) is 8.02. The third-order valence-corrected chi connectivity index (χ3v) is 3.31. The smallest absolute Gasteiger partial charge is 0.159 e. The maximum Gasteiger partial charge on any atom is 0.159 e. The van der Waals surface area contributed by atoms with Crippen LogP contribution in [-0.4, -0.2) is 17.2 Å². The van der Waals surface area contributed by atoms with Gasteiger partial charge in [-0.25, -0.2) is 0 Å². The molecular formula is C11H14N2O. The molecule has 3 nitrogen and oxygen atoms in total. The Balaban J connectivity index is 1.68. The predicted molar refractivity (Wildman–Crippen MR) is 53.6 cm³/mol. The first kappa shape index (κ1) is 8.24. The van der Waals surface area contributed by atoms with Crippen molar-refractivity contribution in [3.63, 3.8) is 0 Å². The lowest BCUT2D eigenvalue weighted by atomic mass is 9.89. The van der Waals surface area contributed by atoms with E-state index in [1.54, 1.807) is 6.20 Å². The van der Waals surface area contributed by atoms with E-state index in [0.29, 0.717) is 12.0 Å². The van der Waals surface area contributed by atoms with Crippen LogP contribution in [0.25, 0.3) is 6.08 Å². The summed E-state index contributed by atoms with van der Waals surface area (Å²) in [6.45, 7) is 0. The second-order valence-electron chi connectivity index (χ2n) is 4.22. The first-order valence-electron chi connectivity index (χ1n) is 5.27. The van der Waals surface area contributed by atoms with Crippen molar-refractivity contribution in [3.05, 3.63) is 24.1 Å². The summed E-state index contributed by atoms with van der Waals surface area (Å²) in [6.07, 6.45) is 9.96. The van der Waals surface area contributed by atoms with Gasteiger partial charge in [-0.2, -0.15) is 0 Å². The van der Waals surface area contributed by atoms with Gasteiger partial charge in [-0.1, -0.05) is 11.2 Å². The zero-order chi connectivity index (χ0) is 9.38. The van der Waals surface area contributed by atoms with Crippen molar-refractivity contribution in [2.24, 2.45) is 5.92 Å². The van der Waals surface area contributed by atoms with Crippen molar-refractivity contribution in [1.82, 2.24) is 10.5 Å². The van der Waals surface area contributed by atoms with E-state index >= 15 is 0 Å². The number of hydrogen-bond donors (Lipinski definition) is 1. The molecule has 1 N–H and O–H groups in total. The molecule has 3 atom stereocenters. The summed E-state index contributed by atoms with van der Waals surface area (Å²) in [5.74, 6) is 1.55. The van der Waals surface area contributed by atoms with Crippen molar-refractivity contribution < 1.29 is 4.52 Å². The SMILES string of the molecule is C(=C/C1CC2CCC1N2)/c1ccno1. The van der Waals surface area contributed by atoms with Crippen LogP contribution in [0.2, 0.25) is 0 Å². The predicted octanol–water partition coefficient (Wildman–Crippen LogP) is 1.83. The third kappa shape index (κ3) is 1.38. The topological polar surface area (TPSA) is 38.1 Å². The van der Waals surface area contributed by atoms with Gasteiger partial charge >= 0.3 is 0 Å². The highest BCUT2D eigenvalue weighted by Crippen LogP contribution is 2.34. The quantitative estimate of drug-likeness (QED) is 0.773. The van der Waals surface area contributed by atoms with E-state index in [4.69, 9.17) is 4.52 Å². The molecule has 0 amide bonds. The van der Waals surface area contributed by atoms with E-state index in [1.807, 2.05) is 12.1 Å². The van der Waals surface area contributed by atoms with Crippen LogP contribution in [0, 0.1) is 5.92 Å². The third-order valence-electron chi connectivity index (χ3n) is 3.31. The largest absolute Gasteiger partial charge is 0.357 e. The Kier molecular flexibility index (Phi) is 1.91. The first-order valence-corrected chi connectivity index (χ1v) is 5.27. The lowest BCUT2D eigenvalue weighted by Crippen LogP contribution is -2.21. The second kappa shape index (κ2) is 3.24. The van der Waals surface area contributed by atoms with Gasteiger partial charge in [-0.15, -0.1) is 0 Å². The molecule has 1 aromatic heterocycles. The minimum Gasteiger partial charge on any atom is -0.357 e. The number of hydrogen-bond acceptors (Lipinski definition) is 3. The molecule has 0 aliphatic carbocycles. The van der Waals surface area contributed by atoms with Gasteiger partial charge < -0.3 is 9.84 Å². The van der Waals surface area contributed by atoms with Crippen LogP contribution in [0.1, 0.15) is 25.0 Å². The molecule has 2 saturated heterocycles. The van der Waals surface area contributed by atoms with Crippen molar-refractivity contribution in [3.8, 4) is 0 Å². The second-order valence-corrected chi connectivity index (χ2v) is 4.22. The molecule has 3 unspecified atom stereocenters. The molecule has 0 aromatic carbocycles. The Morgan fingerprint density at radius 3 is 3.14 bits per heavy atom. The van der Waals surface area contributed by atoms with Crippen LogP contribution in [0.15, 0.2) is 22.9 Å². The summed E-state index contributed by atoms with van der Waals surface area (Å²) in [7, 11) is 0. The normalized spacial score (nSPS) is 35.9. The monoisotopic (exact) mass is 190 g/mol. The molecule has 3 heteroatoms. The van der Waals surface area contributed by atoms with E-state index in [2.05, 4.69) is 16.5 Å². The van der Waals surface area contributed by atoms with E-state index in [1.165, 1.54) is 19.3 Å². The molecule has 14 heavy (non-hydrogen) atoms. The molecule has 2 fully saturated rings. The molecular weight excluding hydrogens is 176 g/mol. The van der Waals surface area contributed by atoms with Crippen molar-refractivity contribution in [1.29, 1.82) is 0 Å². The summed E-state index contributed by atoms with van der Waals surface area (Å²) >= 11 is 0. The van der Waals surface area contributed by atoms with Crippen LogP contribution in [0.4, 0.5) is 0 Å². The fraction of sp³-hybridized carbons (Fsp3) is 0.545. The van der Waals surface area contributed by atoms with Gasteiger partial charge in [-0.05, 0) is 31.3 Å². The lowest BCUT2D eigenvalue weighted by Gasteiger charge is -2.15. The van der Waals surface area contributed by atoms with Crippen LogP contribution in [0.5, 0.6) is 0 Å². The minimum absolute atomic E-state index is 0.693. The van der Waals surface area contributed by atoms with Gasteiger partial charge in [0.2, 0.25) is 0 Å². The molecule has 2 bridgehead atoms. The average Bonchev–Trinajstić information content (AvgIpc) is 2.91. The molecule has 2 aliphatic heterocycles. The molecule has 74 valence electrons. The number of rotatable bonds is 2. The van der Waals surface area contributed by atoms with E-state index in [0.717, 1.165) is 11.8 Å². The van der Waals surface area contributed by atoms with E-state index < -0.39 is 0 Å². The van der Waals surface area contributed by atoms with Gasteiger partial charge in [0.25, 0.3) is 0 Å². The van der Waals surface area contributed by atoms with Crippen molar-refractivity contribution >= 4 is 6.08 Å². The minimum atomic E-state index is 0.693. The number of nitrogens with one attached hydrogen (secondary N) is 1. The molecule has 3 rings (SSSR count). The van der Waals surface area contributed by atoms with Gasteiger partial charge in [0, 0.05) is 18.2 Å². The summed E-state index contributed by atoms with van der Waals surface area (Å²) in [5, 5.41) is 7.28. The molecule has 0 spiro atoms. The zero-order valence-corrected chi connectivity index (χ0v) is 8.02. The van der Waals surface area contributed by atoms with Crippen molar-refractivity contribution in [2.75, 3.05) is 0 Å². The maximum atomic E-state index is 5.02. The highest BCUT2D eigenvalue weighted by Gasteiger charge is 2.37. The van der Waals surface area contributed by atoms with Crippen molar-refractivity contribution in [2.45, 2.75) is 31.3 Å². The average molecular weight is 190 g/mol. The molecule has 3 heterocycles. The van der Waals surface area contributed by atoms with Gasteiger partial charge in [-0.3, -0.25) is 0 Å². The number of aromatic nitrogens is 1. The lowest BCUT2D eigenvalue weighted by molar-refractivity contribution is 0.412. The van der Waals surface area contributed by atoms with E-state index in [-0.39, 0.29) is 0 Å². The Morgan fingerprint density at radius 1 is 1.50 bits per heavy atom. The summed E-state index contributed by atoms with van der Waals surface area (Å²) < 4.78 is 5.02. The maximum absolute atomic E-state index is 5.02. The summed E-state index contributed by atoms with van der Waals surface area (Å²) in [4.78, 5) is 0. The van der Waals surface area contributed by atoms with Crippen LogP contribution < -0.4 is 5.32 Å². The Morgan fingerprint density at radius 2 is 2.50 bits per heavy atom. The van der Waals surface area contributed by atoms with Gasteiger partial charge in [0.15, 0.2) is 5.76 Å². The molecule has 0 saturated carbocycles. The van der Waals surface area contributed by atoms with Gasteiger partial charge in [0.05, 0.1) is 6.20 Å². The highest BCUT2D eigenvalue weighted by atomic mass is 16.5. The Labute approximate surface area is 83.2 Å². The van der Waals surface area contributed by atoms with E-state index in [9.17, 15) is 0 Å². The molecule has 2 aliphatic rings. The summed E-state index contributed by atoms with van der Waals surface area (Å²) in [6, 6.07) is 3.36. The first-order chi connectivity index (χ1) is 6.92. The standard InChI is InChI=1S/C11H14N2O/c1(3-10-5-6-12-14-10)8-7-9-2-4-11(8)13-9/h1,3,5-6,8-9,11,13H,2,4,7H2/b3-1-. The van der Waals surface area contributed by atoms with Crippen LogP contribution in [0.3, 0.4) is 0 Å². The van der Waals surface area contributed by atoms with Crippen LogP contribution in [-0.2, 0) is 0 Å². The fourth-order valence-corrected chi connectivity index (χ4v) is 2.61. The fourth-order valence-electron chi connectivity index (χ4n) is 2.61. The van der Waals surface area contributed by atoms with Crippen LogP contribution >= 0.6 is 0 Å². The Bertz CT molecular complexity index is 331.